The molecular weight excluding hydrogens is 372 g/mol. The highest BCUT2D eigenvalue weighted by Crippen LogP contribution is 2.42. The SMILES string of the molecule is O=C(Nc1ccccc1F)N1CCOC2(C1)CN(C(=O)C1(F)CC1)CCCO2. The maximum Gasteiger partial charge on any atom is 0.322 e. The van der Waals surface area contributed by atoms with Crippen LogP contribution in [-0.2, 0) is 14.3 Å². The van der Waals surface area contributed by atoms with Crippen molar-refractivity contribution in [3.05, 3.63) is 30.1 Å². The monoisotopic (exact) mass is 395 g/mol. The molecule has 3 fully saturated rings. The van der Waals surface area contributed by atoms with Gasteiger partial charge >= 0.3 is 6.03 Å². The second-order valence-corrected chi connectivity index (χ2v) is 7.48. The fourth-order valence-electron chi connectivity index (χ4n) is 3.58. The van der Waals surface area contributed by atoms with Crippen LogP contribution in [0.5, 0.6) is 0 Å². The van der Waals surface area contributed by atoms with Gasteiger partial charge in [-0.1, -0.05) is 12.1 Å². The van der Waals surface area contributed by atoms with E-state index in [-0.39, 0.29) is 38.2 Å². The molecule has 1 aromatic carbocycles. The standard InChI is InChI=1S/C19H23F2N3O4/c20-14-4-1-2-5-15(14)22-17(26)24-9-11-28-19(13-24)12-23(8-3-10-27-19)16(25)18(21)6-7-18/h1-2,4-5H,3,6-13H2,(H,22,26). The molecule has 28 heavy (non-hydrogen) atoms. The molecule has 1 N–H and O–H groups in total. The van der Waals surface area contributed by atoms with Crippen molar-refractivity contribution in [1.29, 1.82) is 0 Å². The molecule has 7 nitrogen and oxygen atoms in total. The second-order valence-electron chi connectivity index (χ2n) is 7.48. The third-order valence-electron chi connectivity index (χ3n) is 5.29. The quantitative estimate of drug-likeness (QED) is 0.833. The smallest absolute Gasteiger partial charge is 0.322 e. The third-order valence-corrected chi connectivity index (χ3v) is 5.29. The maximum atomic E-state index is 14.3. The highest BCUT2D eigenvalue weighted by Gasteiger charge is 2.54. The van der Waals surface area contributed by atoms with E-state index in [9.17, 15) is 18.4 Å². The number of nitrogens with one attached hydrogen (secondary N) is 1. The Bertz CT molecular complexity index is 773. The molecular formula is C19H23F2N3O4. The average molecular weight is 395 g/mol. The van der Waals surface area contributed by atoms with Crippen molar-refractivity contribution in [3.8, 4) is 0 Å². The fourth-order valence-corrected chi connectivity index (χ4v) is 3.58. The molecule has 1 aromatic rings. The number of morpholine rings is 1. The Labute approximate surface area is 161 Å². The first-order valence-electron chi connectivity index (χ1n) is 9.48. The second kappa shape index (κ2) is 7.29. The van der Waals surface area contributed by atoms with Crippen LogP contribution in [0.15, 0.2) is 24.3 Å². The van der Waals surface area contributed by atoms with E-state index in [0.717, 1.165) is 0 Å². The van der Waals surface area contributed by atoms with Gasteiger partial charge in [0, 0.05) is 13.1 Å². The minimum Gasteiger partial charge on any atom is -0.347 e. The van der Waals surface area contributed by atoms with Crippen LogP contribution in [0.3, 0.4) is 0 Å². The minimum atomic E-state index is -1.76. The van der Waals surface area contributed by atoms with Gasteiger partial charge in [0.15, 0.2) is 5.67 Å². The summed E-state index contributed by atoms with van der Waals surface area (Å²) >= 11 is 0. The lowest BCUT2D eigenvalue weighted by Gasteiger charge is -2.43. The molecule has 1 aliphatic carbocycles. The fraction of sp³-hybridized carbons (Fsp3) is 0.579. The van der Waals surface area contributed by atoms with Crippen molar-refractivity contribution in [1.82, 2.24) is 9.80 Å². The summed E-state index contributed by atoms with van der Waals surface area (Å²) in [7, 11) is 0. The van der Waals surface area contributed by atoms with Gasteiger partial charge in [-0.15, -0.1) is 0 Å². The van der Waals surface area contributed by atoms with Gasteiger partial charge in [-0.25, -0.2) is 13.6 Å². The van der Waals surface area contributed by atoms with E-state index in [0.29, 0.717) is 26.1 Å². The molecule has 1 saturated carbocycles. The number of benzene rings is 1. The van der Waals surface area contributed by atoms with E-state index in [1.54, 1.807) is 6.07 Å². The molecule has 3 aliphatic rings. The van der Waals surface area contributed by atoms with Crippen LogP contribution in [0.1, 0.15) is 19.3 Å². The lowest BCUT2D eigenvalue weighted by Crippen LogP contribution is -2.60. The Morgan fingerprint density at radius 2 is 1.75 bits per heavy atom. The van der Waals surface area contributed by atoms with Crippen molar-refractivity contribution >= 4 is 17.6 Å². The molecule has 0 radical (unpaired) electrons. The lowest BCUT2D eigenvalue weighted by atomic mass is 10.1. The van der Waals surface area contributed by atoms with Crippen molar-refractivity contribution < 1.29 is 27.8 Å². The van der Waals surface area contributed by atoms with E-state index in [2.05, 4.69) is 5.32 Å². The summed E-state index contributed by atoms with van der Waals surface area (Å²) in [4.78, 5) is 28.0. The summed E-state index contributed by atoms with van der Waals surface area (Å²) < 4.78 is 39.8. The summed E-state index contributed by atoms with van der Waals surface area (Å²) in [5.41, 5.74) is -1.68. The Balaban J connectivity index is 1.46. The topological polar surface area (TPSA) is 71.1 Å². The van der Waals surface area contributed by atoms with Gasteiger partial charge in [0.1, 0.15) is 5.82 Å². The molecule has 2 heterocycles. The van der Waals surface area contributed by atoms with E-state index in [1.165, 1.54) is 28.0 Å². The number of nitrogens with zero attached hydrogens (tertiary/aromatic N) is 2. The molecule has 3 amide bonds. The summed E-state index contributed by atoms with van der Waals surface area (Å²) in [6, 6.07) is 5.42. The zero-order valence-electron chi connectivity index (χ0n) is 15.5. The highest BCUT2D eigenvalue weighted by molar-refractivity contribution is 5.90. The first kappa shape index (κ1) is 19.1. The molecule has 152 valence electrons. The van der Waals surface area contributed by atoms with E-state index >= 15 is 0 Å². The van der Waals surface area contributed by atoms with Gasteiger partial charge < -0.3 is 24.6 Å². The van der Waals surface area contributed by atoms with Gasteiger partial charge in [-0.2, -0.15) is 0 Å². The zero-order valence-corrected chi connectivity index (χ0v) is 15.5. The largest absolute Gasteiger partial charge is 0.347 e. The molecule has 9 heteroatoms. The molecule has 1 atom stereocenters. The summed E-state index contributed by atoms with van der Waals surface area (Å²) in [6.07, 6.45) is 1.05. The first-order valence-corrected chi connectivity index (χ1v) is 9.48. The van der Waals surface area contributed by atoms with Crippen molar-refractivity contribution in [2.45, 2.75) is 30.7 Å². The van der Waals surface area contributed by atoms with Crippen LogP contribution in [-0.4, -0.2) is 72.6 Å². The van der Waals surface area contributed by atoms with Gasteiger partial charge in [0.2, 0.25) is 5.79 Å². The Hall–Kier alpha value is -2.26. The predicted octanol–water partition coefficient (Wildman–Crippen LogP) is 2.14. The molecule has 4 rings (SSSR count). The summed E-state index contributed by atoms with van der Waals surface area (Å²) in [5.74, 6) is -2.27. The van der Waals surface area contributed by atoms with Gasteiger partial charge in [0.05, 0.1) is 32.0 Å². The van der Waals surface area contributed by atoms with Crippen molar-refractivity contribution in [3.63, 3.8) is 0 Å². The van der Waals surface area contributed by atoms with E-state index in [4.69, 9.17) is 9.47 Å². The Morgan fingerprint density at radius 3 is 2.50 bits per heavy atom. The minimum absolute atomic E-state index is 0.0565. The number of hydrogen-bond donors (Lipinski definition) is 1. The summed E-state index contributed by atoms with van der Waals surface area (Å²) in [5, 5.41) is 2.55. The van der Waals surface area contributed by atoms with Crippen LogP contribution in [0.2, 0.25) is 0 Å². The van der Waals surface area contributed by atoms with Crippen molar-refractivity contribution in [2.24, 2.45) is 0 Å². The van der Waals surface area contributed by atoms with Gasteiger partial charge in [0.25, 0.3) is 5.91 Å². The Morgan fingerprint density at radius 1 is 1.04 bits per heavy atom. The van der Waals surface area contributed by atoms with Crippen LogP contribution >= 0.6 is 0 Å². The number of amides is 3. The Kier molecular flexibility index (Phi) is 4.96. The number of ether oxygens (including phenoxy) is 2. The number of hydrogen-bond acceptors (Lipinski definition) is 4. The van der Waals surface area contributed by atoms with Crippen LogP contribution in [0, 0.1) is 5.82 Å². The third kappa shape index (κ3) is 3.81. The number of rotatable bonds is 2. The van der Waals surface area contributed by atoms with E-state index in [1.807, 2.05) is 0 Å². The number of alkyl halides is 1. The number of carbonyl (C=O) groups is 2. The number of carbonyl (C=O) groups excluding carboxylic acids is 2. The van der Waals surface area contributed by atoms with E-state index < -0.39 is 29.2 Å². The van der Waals surface area contributed by atoms with Crippen LogP contribution in [0.25, 0.3) is 0 Å². The maximum absolute atomic E-state index is 14.3. The van der Waals surface area contributed by atoms with Gasteiger partial charge in [-0.05, 0) is 31.4 Å². The lowest BCUT2D eigenvalue weighted by molar-refractivity contribution is -0.260. The normalized spacial score (nSPS) is 26.6. The molecule has 2 saturated heterocycles. The molecule has 0 aromatic heterocycles. The number of anilines is 1. The molecule has 1 spiro atoms. The molecule has 2 aliphatic heterocycles. The zero-order chi connectivity index (χ0) is 19.8. The molecule has 0 bridgehead atoms. The van der Waals surface area contributed by atoms with Crippen LogP contribution < -0.4 is 5.32 Å². The number of halogens is 2. The summed E-state index contributed by atoms with van der Waals surface area (Å²) in [6.45, 7) is 1.35. The van der Waals surface area contributed by atoms with Crippen molar-refractivity contribution in [2.75, 3.05) is 44.7 Å². The van der Waals surface area contributed by atoms with Crippen LogP contribution in [0.4, 0.5) is 19.3 Å². The number of urea groups is 1. The first-order chi connectivity index (χ1) is 13.4. The highest BCUT2D eigenvalue weighted by atomic mass is 19.1. The molecule has 1 unspecified atom stereocenters. The van der Waals surface area contributed by atoms with Gasteiger partial charge in [-0.3, -0.25) is 4.79 Å². The average Bonchev–Trinajstić information content (AvgIpc) is 3.47. The predicted molar refractivity (Wildman–Crippen MR) is 95.9 cm³/mol. The number of para-hydroxylation sites is 1.